The summed E-state index contributed by atoms with van der Waals surface area (Å²) in [6, 6.07) is 0. The van der Waals surface area contributed by atoms with Gasteiger partial charge < -0.3 is 35.0 Å². The van der Waals surface area contributed by atoms with Crippen LogP contribution < -0.4 is 24.8 Å². The van der Waals surface area contributed by atoms with Crippen molar-refractivity contribution in [3.05, 3.63) is 0 Å². The zero-order valence-electron chi connectivity index (χ0n) is 7.33. The Morgan fingerprint density at radius 1 is 0.917 bits per heavy atom. The first-order valence-corrected chi connectivity index (χ1v) is 3.80. The van der Waals surface area contributed by atoms with Gasteiger partial charge in [-0.2, -0.15) is 0 Å². The fraction of sp³-hybridized carbons (Fsp3) is 1.00. The number of hydrogen-bond donors (Lipinski definition) is 2. The maximum absolute atomic E-state index is 8.19. The molecule has 0 bridgehead atoms. The molecule has 0 radical (unpaired) electrons. The summed E-state index contributed by atoms with van der Waals surface area (Å²) >= 11 is 1.06. The van der Waals surface area contributed by atoms with E-state index < -0.39 is 0 Å². The van der Waals surface area contributed by atoms with Crippen molar-refractivity contribution >= 4 is 0 Å². The van der Waals surface area contributed by atoms with Gasteiger partial charge in [-0.05, 0) is 12.8 Å². The van der Waals surface area contributed by atoms with Crippen LogP contribution in [0.25, 0.3) is 0 Å². The third-order valence-corrected chi connectivity index (χ3v) is 0.447. The van der Waals surface area contributed by atoms with E-state index in [9.17, 15) is 0 Å². The summed E-state index contributed by atoms with van der Waals surface area (Å²) in [5, 5.41) is 15.8. The Kier molecular flexibility index (Phi) is 144. The van der Waals surface area contributed by atoms with E-state index in [1.807, 2.05) is 13.8 Å². The molecule has 0 aliphatic rings. The third kappa shape index (κ3) is 128. The second-order valence-corrected chi connectivity index (χ2v) is 1.45. The molecule has 0 heterocycles. The van der Waals surface area contributed by atoms with Gasteiger partial charge >= 0.3 is 21.0 Å². The van der Waals surface area contributed by atoms with Gasteiger partial charge in [0.2, 0.25) is 0 Å². The molecule has 0 saturated heterocycles. The van der Waals surface area contributed by atoms with E-state index in [0.29, 0.717) is 13.2 Å². The van der Waals surface area contributed by atoms with Crippen molar-refractivity contribution in [1.82, 2.24) is 0 Å². The Morgan fingerprint density at radius 3 is 1.00 bits per heavy atom. The average molecular weight is 258 g/mol. The summed E-state index contributed by atoms with van der Waals surface area (Å²) in [6.07, 6.45) is 1.75. The van der Waals surface area contributed by atoms with Crippen LogP contribution in [-0.2, 0) is 21.0 Å². The Bertz CT molecular complexity index is 36.0. The first-order chi connectivity index (χ1) is 4.83. The predicted molar refractivity (Wildman–Crippen MR) is 35.4 cm³/mol. The van der Waals surface area contributed by atoms with Crippen LogP contribution in [-0.4, -0.2) is 23.4 Å². The van der Waals surface area contributed by atoms with Crippen LogP contribution in [0.1, 0.15) is 26.7 Å². The van der Waals surface area contributed by atoms with Crippen LogP contribution in [0.4, 0.5) is 0 Å². The third-order valence-electron chi connectivity index (χ3n) is 0.447. The fourth-order valence-corrected chi connectivity index (χ4v) is 0. The van der Waals surface area contributed by atoms with E-state index in [1.54, 1.807) is 0 Å². The summed E-state index contributed by atoms with van der Waals surface area (Å²) in [4.78, 5) is 0. The summed E-state index contributed by atoms with van der Waals surface area (Å²) < 4.78 is 8.19. The van der Waals surface area contributed by atoms with E-state index in [4.69, 9.17) is 13.9 Å². The molecule has 0 aliphatic heterocycles. The van der Waals surface area contributed by atoms with Crippen molar-refractivity contribution in [2.75, 3.05) is 13.2 Å². The first-order valence-electron chi connectivity index (χ1n) is 3.23. The zero-order chi connectivity index (χ0) is 8.83. The molecule has 77 valence electrons. The molecule has 0 aromatic rings. The topological polar surface area (TPSA) is 57.5 Å². The van der Waals surface area contributed by atoms with Crippen molar-refractivity contribution in [2.45, 2.75) is 26.7 Å². The van der Waals surface area contributed by atoms with Crippen LogP contribution in [0.15, 0.2) is 0 Å². The van der Waals surface area contributed by atoms with E-state index in [2.05, 4.69) is 0 Å². The van der Waals surface area contributed by atoms with E-state index >= 15 is 0 Å². The Labute approximate surface area is 96.0 Å². The molecular formula is C6H16Cl2O3V. The van der Waals surface area contributed by atoms with E-state index in [-0.39, 0.29) is 24.8 Å². The standard InChI is InChI=1S/2C3H8O.2ClH.O.V/c2*1-2-3-4;;;;/h2*4H,2-3H2,1H3;2*1H;;/q;;;;;+2/p-2. The summed E-state index contributed by atoms with van der Waals surface area (Å²) in [5.74, 6) is 0. The summed E-state index contributed by atoms with van der Waals surface area (Å²) in [7, 11) is 0. The SMILES string of the molecule is CCCO.CCCO.[Cl-].[Cl-].[O]=[V+2]. The van der Waals surface area contributed by atoms with Crippen LogP contribution in [0.3, 0.4) is 0 Å². The van der Waals surface area contributed by atoms with Crippen molar-refractivity contribution in [3.8, 4) is 0 Å². The Morgan fingerprint density at radius 2 is 1.00 bits per heavy atom. The van der Waals surface area contributed by atoms with Crippen LogP contribution in [0.5, 0.6) is 0 Å². The van der Waals surface area contributed by atoms with Crippen molar-refractivity contribution < 1.29 is 56.1 Å². The van der Waals surface area contributed by atoms with E-state index in [0.717, 1.165) is 30.2 Å². The molecule has 0 saturated carbocycles. The number of aliphatic hydroxyl groups is 2. The molecule has 12 heavy (non-hydrogen) atoms. The molecule has 0 aromatic heterocycles. The minimum atomic E-state index is 0. The minimum absolute atomic E-state index is 0. The molecule has 0 atom stereocenters. The van der Waals surface area contributed by atoms with Gasteiger partial charge in [0.15, 0.2) is 0 Å². The molecule has 0 aromatic carbocycles. The first kappa shape index (κ1) is 29.3. The number of hydrogen-bond acceptors (Lipinski definition) is 3. The Hall–Kier alpha value is 0.884. The molecule has 0 fully saturated rings. The van der Waals surface area contributed by atoms with Crippen LogP contribution in [0, 0.1) is 0 Å². The second-order valence-electron chi connectivity index (χ2n) is 1.45. The van der Waals surface area contributed by atoms with Crippen LogP contribution >= 0.6 is 0 Å². The summed E-state index contributed by atoms with van der Waals surface area (Å²) in [5.41, 5.74) is 0. The molecule has 0 spiro atoms. The Balaban J connectivity index is -0.0000000198. The number of rotatable bonds is 2. The van der Waals surface area contributed by atoms with Gasteiger partial charge in [0.25, 0.3) is 0 Å². The van der Waals surface area contributed by atoms with Crippen molar-refractivity contribution in [2.24, 2.45) is 0 Å². The number of halogens is 2. The zero-order valence-corrected chi connectivity index (χ0v) is 10.2. The monoisotopic (exact) mass is 257 g/mol. The molecule has 0 unspecified atom stereocenters. The molecule has 2 N–H and O–H groups in total. The molecule has 0 aliphatic carbocycles. The molecule has 3 nitrogen and oxygen atoms in total. The summed E-state index contributed by atoms with van der Waals surface area (Å²) in [6.45, 7) is 4.50. The fourth-order valence-electron chi connectivity index (χ4n) is 0. The van der Waals surface area contributed by atoms with Crippen molar-refractivity contribution in [1.29, 1.82) is 0 Å². The second kappa shape index (κ2) is 59.0. The van der Waals surface area contributed by atoms with E-state index in [1.165, 1.54) is 0 Å². The van der Waals surface area contributed by atoms with Crippen LogP contribution in [0.2, 0.25) is 0 Å². The van der Waals surface area contributed by atoms with Gasteiger partial charge in [0.1, 0.15) is 0 Å². The van der Waals surface area contributed by atoms with Gasteiger partial charge in [-0.3, -0.25) is 0 Å². The quantitative estimate of drug-likeness (QED) is 0.520. The van der Waals surface area contributed by atoms with Gasteiger partial charge in [0, 0.05) is 13.2 Å². The van der Waals surface area contributed by atoms with Gasteiger partial charge in [0.05, 0.1) is 0 Å². The van der Waals surface area contributed by atoms with Crippen molar-refractivity contribution in [3.63, 3.8) is 0 Å². The van der Waals surface area contributed by atoms with Gasteiger partial charge in [-0.1, -0.05) is 13.8 Å². The number of aliphatic hydroxyl groups excluding tert-OH is 2. The van der Waals surface area contributed by atoms with Gasteiger partial charge in [-0.25, -0.2) is 0 Å². The predicted octanol–water partition coefficient (Wildman–Crippen LogP) is -5.34. The normalized spacial score (nSPS) is 5.50. The average Bonchev–Trinajstić information content (AvgIpc) is 2.08. The molecule has 0 rings (SSSR count). The molecule has 0 amide bonds. The maximum atomic E-state index is 8.19. The molecule has 6 heteroatoms. The molecular weight excluding hydrogens is 242 g/mol. The van der Waals surface area contributed by atoms with Gasteiger partial charge in [-0.15, -0.1) is 0 Å².